The van der Waals surface area contributed by atoms with Crippen molar-refractivity contribution in [1.29, 1.82) is 0 Å². The molecule has 2 aromatic carbocycles. The molecule has 1 atom stereocenters. The lowest BCUT2D eigenvalue weighted by Gasteiger charge is -2.18. The van der Waals surface area contributed by atoms with E-state index in [1.165, 1.54) is 6.07 Å². The zero-order valence-corrected chi connectivity index (χ0v) is 20.7. The van der Waals surface area contributed by atoms with Crippen LogP contribution >= 0.6 is 0 Å². The van der Waals surface area contributed by atoms with E-state index in [9.17, 15) is 30.3 Å². The first kappa shape index (κ1) is 25.9. The molecule has 0 amide bonds. The Balaban J connectivity index is 2.51. The number of allylic oxidation sites excluding steroid dienone is 4. The highest BCUT2D eigenvalue weighted by molar-refractivity contribution is 5.99. The molecule has 0 aliphatic rings. The predicted molar refractivity (Wildman–Crippen MR) is 137 cm³/mol. The molecule has 0 fully saturated rings. The van der Waals surface area contributed by atoms with Crippen LogP contribution in [0.5, 0.6) is 23.0 Å². The molecule has 0 saturated carbocycles. The Hall–Kier alpha value is -3.71. The zero-order chi connectivity index (χ0) is 26.2. The average Bonchev–Trinajstić information content (AvgIpc) is 2.75. The molecule has 0 aliphatic carbocycles. The normalized spacial score (nSPS) is 12.1. The number of aromatic hydroxyl groups is 4. The summed E-state index contributed by atoms with van der Waals surface area (Å²) in [6.45, 7) is 12.8. The van der Waals surface area contributed by atoms with Gasteiger partial charge in [-0.05, 0) is 47.5 Å². The monoisotopic (exact) mass is 480 g/mol. The van der Waals surface area contributed by atoms with Crippen LogP contribution in [-0.4, -0.2) is 31.6 Å². The fourth-order valence-corrected chi connectivity index (χ4v) is 3.93. The van der Waals surface area contributed by atoms with Gasteiger partial charge in [0.2, 0.25) is 5.43 Å². The number of hydrogen-bond donors (Lipinski definition) is 5. The fraction of sp³-hybridized carbons (Fsp3) is 0.321. The van der Waals surface area contributed by atoms with E-state index in [1.54, 1.807) is 19.1 Å². The first-order chi connectivity index (χ1) is 16.3. The van der Waals surface area contributed by atoms with Crippen molar-refractivity contribution in [3.8, 4) is 23.0 Å². The quantitative estimate of drug-likeness (QED) is 0.177. The van der Waals surface area contributed by atoms with Crippen LogP contribution in [0.4, 0.5) is 0 Å². The molecule has 7 heteroatoms. The smallest absolute Gasteiger partial charge is 0.204 e. The van der Waals surface area contributed by atoms with Crippen LogP contribution in [0.25, 0.3) is 21.9 Å². The summed E-state index contributed by atoms with van der Waals surface area (Å²) in [6, 6.07) is 1.26. The summed E-state index contributed by atoms with van der Waals surface area (Å²) in [5.41, 5.74) is 1.96. The molecule has 7 nitrogen and oxygen atoms in total. The molecule has 186 valence electrons. The van der Waals surface area contributed by atoms with E-state index >= 15 is 0 Å². The molecule has 0 aliphatic heterocycles. The Morgan fingerprint density at radius 2 is 1.43 bits per heavy atom. The van der Waals surface area contributed by atoms with E-state index in [2.05, 4.69) is 6.58 Å². The topological polar surface area (TPSA) is 131 Å². The van der Waals surface area contributed by atoms with Crippen LogP contribution < -0.4 is 5.43 Å². The van der Waals surface area contributed by atoms with E-state index in [-0.39, 0.29) is 63.6 Å². The number of phenols is 4. The highest BCUT2D eigenvalue weighted by Gasteiger charge is 2.27. The lowest BCUT2D eigenvalue weighted by molar-refractivity contribution is 0.210. The highest BCUT2D eigenvalue weighted by atomic mass is 16.3. The second-order valence-corrected chi connectivity index (χ2v) is 9.42. The first-order valence-electron chi connectivity index (χ1n) is 11.3. The highest BCUT2D eigenvalue weighted by Crippen LogP contribution is 2.43. The summed E-state index contributed by atoms with van der Waals surface area (Å²) in [4.78, 5) is 13.8. The van der Waals surface area contributed by atoms with Gasteiger partial charge in [-0.25, -0.2) is 0 Å². The molecule has 1 unspecified atom stereocenters. The molecule has 0 radical (unpaired) electrons. The van der Waals surface area contributed by atoms with E-state index in [1.807, 2.05) is 27.7 Å². The van der Waals surface area contributed by atoms with E-state index in [0.29, 0.717) is 5.57 Å². The van der Waals surface area contributed by atoms with Crippen LogP contribution in [0.2, 0.25) is 0 Å². The molecule has 3 rings (SSSR count). The van der Waals surface area contributed by atoms with Gasteiger partial charge in [0.1, 0.15) is 28.1 Å². The Morgan fingerprint density at radius 1 is 0.886 bits per heavy atom. The van der Waals surface area contributed by atoms with Crippen molar-refractivity contribution in [1.82, 2.24) is 0 Å². The molecular formula is C28H32O7. The Kier molecular flexibility index (Phi) is 7.31. The lowest BCUT2D eigenvalue weighted by atomic mass is 9.93. The fourth-order valence-electron chi connectivity index (χ4n) is 3.93. The molecular weight excluding hydrogens is 448 g/mol. The molecule has 0 spiro atoms. The molecule has 35 heavy (non-hydrogen) atoms. The summed E-state index contributed by atoms with van der Waals surface area (Å²) < 4.78 is 6.01. The third kappa shape index (κ3) is 4.91. The van der Waals surface area contributed by atoms with Crippen LogP contribution in [0.1, 0.15) is 51.3 Å². The van der Waals surface area contributed by atoms with Gasteiger partial charge in [-0.3, -0.25) is 4.79 Å². The van der Waals surface area contributed by atoms with Crippen LogP contribution in [0.3, 0.4) is 0 Å². The molecule has 3 aromatic rings. The Labute approximate surface area is 203 Å². The summed E-state index contributed by atoms with van der Waals surface area (Å²) in [6.07, 6.45) is 2.67. The molecule has 0 bridgehead atoms. The van der Waals surface area contributed by atoms with Crippen molar-refractivity contribution >= 4 is 21.9 Å². The number of phenolic OH excluding ortho intramolecular Hbond substituents is 4. The van der Waals surface area contributed by atoms with Gasteiger partial charge in [-0.1, -0.05) is 35.5 Å². The predicted octanol–water partition coefficient (Wildman–Crippen LogP) is 5.27. The summed E-state index contributed by atoms with van der Waals surface area (Å²) in [5.74, 6) is -1.65. The van der Waals surface area contributed by atoms with Crippen LogP contribution in [0, 0.1) is 0 Å². The minimum Gasteiger partial charge on any atom is -0.507 e. The molecule has 1 aromatic heterocycles. The summed E-state index contributed by atoms with van der Waals surface area (Å²) in [7, 11) is 0. The van der Waals surface area contributed by atoms with Gasteiger partial charge in [0.25, 0.3) is 0 Å². The second-order valence-electron chi connectivity index (χ2n) is 9.42. The van der Waals surface area contributed by atoms with E-state index in [0.717, 1.165) is 11.1 Å². The Bertz CT molecular complexity index is 1450. The van der Waals surface area contributed by atoms with Crippen molar-refractivity contribution in [2.24, 2.45) is 0 Å². The Morgan fingerprint density at radius 3 is 1.97 bits per heavy atom. The van der Waals surface area contributed by atoms with Gasteiger partial charge in [0.05, 0.1) is 11.5 Å². The lowest BCUT2D eigenvalue weighted by Crippen LogP contribution is -2.15. The number of hydrogen-bond acceptors (Lipinski definition) is 7. The van der Waals surface area contributed by atoms with Crippen LogP contribution in [-0.2, 0) is 19.3 Å². The first-order valence-corrected chi connectivity index (χ1v) is 11.3. The summed E-state index contributed by atoms with van der Waals surface area (Å²) >= 11 is 0. The third-order valence-corrected chi connectivity index (χ3v) is 6.01. The van der Waals surface area contributed by atoms with Gasteiger partial charge in [0.15, 0.2) is 11.5 Å². The van der Waals surface area contributed by atoms with Crippen molar-refractivity contribution in [2.75, 3.05) is 0 Å². The third-order valence-electron chi connectivity index (χ3n) is 6.01. The van der Waals surface area contributed by atoms with Crippen molar-refractivity contribution in [3.05, 3.63) is 68.4 Å². The van der Waals surface area contributed by atoms with Crippen LogP contribution in [0.15, 0.2) is 50.7 Å². The SMILES string of the molecule is C=C(C)C(O)Cc1c(O)c(O)c(CC=C(C)C)c2oc3cc(O)c(CC=C(C)C)c(O)c3c(=O)c12. The van der Waals surface area contributed by atoms with Crippen molar-refractivity contribution in [3.63, 3.8) is 0 Å². The zero-order valence-electron chi connectivity index (χ0n) is 20.7. The summed E-state index contributed by atoms with van der Waals surface area (Å²) in [5, 5.41) is 53.5. The van der Waals surface area contributed by atoms with Gasteiger partial charge < -0.3 is 29.9 Å². The molecule has 5 N–H and O–H groups in total. The second kappa shape index (κ2) is 9.88. The van der Waals surface area contributed by atoms with E-state index in [4.69, 9.17) is 4.42 Å². The standard InChI is InChI=1S/C28H32O7/c1-13(2)7-9-16-20(30)12-21-23(24(16)31)27(34)22-18(11-19(29)15(5)6)26(33)25(32)17(28(22)35-21)10-8-14(3)4/h7-8,12,19,29-33H,5,9-11H2,1-4,6H3. The maximum Gasteiger partial charge on any atom is 0.204 e. The number of fused-ring (bicyclic) bond motifs is 2. The van der Waals surface area contributed by atoms with Gasteiger partial charge in [-0.15, -0.1) is 0 Å². The molecule has 1 heterocycles. The van der Waals surface area contributed by atoms with Gasteiger partial charge in [-0.2, -0.15) is 0 Å². The van der Waals surface area contributed by atoms with Gasteiger partial charge in [0, 0.05) is 29.2 Å². The minimum atomic E-state index is -1.09. The maximum atomic E-state index is 13.8. The number of benzene rings is 2. The molecule has 0 saturated heterocycles. The number of rotatable bonds is 7. The minimum absolute atomic E-state index is 0.00932. The van der Waals surface area contributed by atoms with Gasteiger partial charge >= 0.3 is 0 Å². The van der Waals surface area contributed by atoms with E-state index < -0.39 is 28.8 Å². The maximum absolute atomic E-state index is 13.8. The average molecular weight is 481 g/mol. The van der Waals surface area contributed by atoms with Crippen molar-refractivity contribution in [2.45, 2.75) is 60.0 Å². The number of aliphatic hydroxyl groups excluding tert-OH is 1. The number of aliphatic hydroxyl groups is 1. The largest absolute Gasteiger partial charge is 0.507 e. The van der Waals surface area contributed by atoms with Crippen molar-refractivity contribution < 1.29 is 29.9 Å².